The second-order valence-corrected chi connectivity index (χ2v) is 12.4. The van der Waals surface area contributed by atoms with Crippen LogP contribution in [0.4, 0.5) is 0 Å². The third-order valence-corrected chi connectivity index (χ3v) is 9.96. The van der Waals surface area contributed by atoms with E-state index in [0.29, 0.717) is 20.8 Å². The van der Waals surface area contributed by atoms with E-state index in [4.69, 9.17) is 19.2 Å². The van der Waals surface area contributed by atoms with Crippen molar-refractivity contribution in [1.29, 1.82) is 0 Å². The van der Waals surface area contributed by atoms with E-state index in [2.05, 4.69) is 41.4 Å². The van der Waals surface area contributed by atoms with E-state index in [1.165, 1.54) is 16.9 Å². The topological polar surface area (TPSA) is 77.8 Å². The van der Waals surface area contributed by atoms with Crippen LogP contribution in [0.25, 0.3) is 33.9 Å². The summed E-state index contributed by atoms with van der Waals surface area (Å²) in [4.78, 5) is 24.1. The standard InChI is InChI=1S/C38H31N3O4S/c1-43-25-15-17-30-28(20-25)29(34(39-30)23-10-5-4-6-11-23)21-33-37(42)41-36(24-14-18-31(44-2)32(19-24)45-3)27-16-13-22-9-7-8-12-26(22)35(27)40-38(41)46-33/h4-12,14-15,17-21,36,39H,13,16H2,1-3H3/b33-21+/t36-/m1/s1. The minimum Gasteiger partial charge on any atom is -0.497 e. The van der Waals surface area contributed by atoms with Crippen LogP contribution in [0.15, 0.2) is 106 Å². The van der Waals surface area contributed by atoms with Gasteiger partial charge in [-0.3, -0.25) is 9.36 Å². The summed E-state index contributed by atoms with van der Waals surface area (Å²) >= 11 is 1.42. The van der Waals surface area contributed by atoms with Crippen LogP contribution in [-0.2, 0) is 6.42 Å². The average Bonchev–Trinajstić information content (AvgIpc) is 3.63. The summed E-state index contributed by atoms with van der Waals surface area (Å²) in [5.41, 5.74) is 9.24. The van der Waals surface area contributed by atoms with Gasteiger partial charge in [-0.2, -0.15) is 0 Å². The molecular weight excluding hydrogens is 595 g/mol. The Morgan fingerprint density at radius 3 is 2.48 bits per heavy atom. The van der Waals surface area contributed by atoms with Gasteiger partial charge >= 0.3 is 0 Å². The maximum Gasteiger partial charge on any atom is 0.271 e. The molecule has 4 aromatic carbocycles. The van der Waals surface area contributed by atoms with Crippen LogP contribution in [0, 0.1) is 0 Å². The number of thiazole rings is 1. The van der Waals surface area contributed by atoms with Crippen LogP contribution in [0.2, 0.25) is 0 Å². The first kappa shape index (κ1) is 28.2. The normalized spacial score (nSPS) is 15.6. The molecular formula is C38H31N3O4S. The molecule has 0 saturated heterocycles. The summed E-state index contributed by atoms with van der Waals surface area (Å²) in [5.74, 6) is 2.02. The molecule has 2 aromatic heterocycles. The molecule has 1 aliphatic heterocycles. The fraction of sp³-hybridized carbons (Fsp3) is 0.158. The van der Waals surface area contributed by atoms with Crippen molar-refractivity contribution in [2.45, 2.75) is 18.9 Å². The molecule has 1 aliphatic carbocycles. The Balaban J connectivity index is 1.40. The van der Waals surface area contributed by atoms with Gasteiger partial charge in [-0.25, -0.2) is 4.99 Å². The summed E-state index contributed by atoms with van der Waals surface area (Å²) in [6.07, 6.45) is 3.70. The minimum absolute atomic E-state index is 0.0785. The number of aromatic amines is 1. The second-order valence-electron chi connectivity index (χ2n) is 11.4. The fourth-order valence-electron chi connectivity index (χ4n) is 6.78. The molecule has 0 fully saturated rings. The van der Waals surface area contributed by atoms with Crippen LogP contribution in [-0.4, -0.2) is 30.9 Å². The maximum absolute atomic E-state index is 14.6. The first-order valence-corrected chi connectivity index (χ1v) is 16.0. The number of rotatable bonds is 6. The highest BCUT2D eigenvalue weighted by molar-refractivity contribution is 7.07. The van der Waals surface area contributed by atoms with Gasteiger partial charge in [0.05, 0.1) is 43.3 Å². The Bertz CT molecular complexity index is 2370. The van der Waals surface area contributed by atoms with Gasteiger partial charge in [-0.15, -0.1) is 0 Å². The van der Waals surface area contributed by atoms with Crippen molar-refractivity contribution in [3.8, 4) is 28.5 Å². The zero-order valence-corrected chi connectivity index (χ0v) is 26.5. The Labute approximate surface area is 269 Å². The van der Waals surface area contributed by atoms with Gasteiger partial charge in [0, 0.05) is 22.0 Å². The van der Waals surface area contributed by atoms with Crippen LogP contribution >= 0.6 is 11.3 Å². The smallest absolute Gasteiger partial charge is 0.271 e. The highest BCUT2D eigenvalue weighted by Gasteiger charge is 2.33. The van der Waals surface area contributed by atoms with Gasteiger partial charge in [0.2, 0.25) is 0 Å². The van der Waals surface area contributed by atoms with Crippen molar-refractivity contribution in [2.75, 3.05) is 21.3 Å². The maximum atomic E-state index is 14.6. The van der Waals surface area contributed by atoms with Crippen LogP contribution < -0.4 is 29.1 Å². The van der Waals surface area contributed by atoms with E-state index >= 15 is 0 Å². The van der Waals surface area contributed by atoms with Gasteiger partial charge < -0.3 is 19.2 Å². The van der Waals surface area contributed by atoms with E-state index in [1.54, 1.807) is 21.3 Å². The van der Waals surface area contributed by atoms with E-state index in [0.717, 1.165) is 68.7 Å². The van der Waals surface area contributed by atoms with Gasteiger partial charge in [0.1, 0.15) is 5.75 Å². The Morgan fingerprint density at radius 1 is 0.870 bits per heavy atom. The largest absolute Gasteiger partial charge is 0.497 e. The van der Waals surface area contributed by atoms with Crippen LogP contribution in [0.3, 0.4) is 0 Å². The van der Waals surface area contributed by atoms with Crippen molar-refractivity contribution in [1.82, 2.24) is 9.55 Å². The average molecular weight is 626 g/mol. The molecule has 6 aromatic rings. The van der Waals surface area contributed by atoms with Crippen molar-refractivity contribution in [2.24, 2.45) is 4.99 Å². The van der Waals surface area contributed by atoms with Gasteiger partial charge in [0.25, 0.3) is 5.56 Å². The molecule has 0 unspecified atom stereocenters. The number of nitrogens with one attached hydrogen (secondary N) is 1. The molecule has 2 aliphatic rings. The molecule has 228 valence electrons. The predicted molar refractivity (Wildman–Crippen MR) is 183 cm³/mol. The third kappa shape index (κ3) is 4.48. The van der Waals surface area contributed by atoms with E-state index in [-0.39, 0.29) is 11.6 Å². The molecule has 0 radical (unpaired) electrons. The number of ether oxygens (including phenoxy) is 3. The lowest BCUT2D eigenvalue weighted by Gasteiger charge is -2.31. The summed E-state index contributed by atoms with van der Waals surface area (Å²) in [6, 6.07) is 30.2. The number of nitrogens with zero attached hydrogens (tertiary/aromatic N) is 2. The van der Waals surface area contributed by atoms with E-state index in [1.807, 2.05) is 65.2 Å². The molecule has 8 heteroatoms. The number of methoxy groups -OCH3 is 3. The molecule has 1 atom stereocenters. The number of allylic oxidation sites excluding steroid dienone is 1. The number of hydrogen-bond donors (Lipinski definition) is 1. The van der Waals surface area contributed by atoms with Crippen LogP contribution in [0.1, 0.15) is 34.7 Å². The fourth-order valence-corrected chi connectivity index (χ4v) is 7.76. The lowest BCUT2D eigenvalue weighted by atomic mass is 9.83. The number of hydrogen-bond acceptors (Lipinski definition) is 6. The zero-order valence-electron chi connectivity index (χ0n) is 25.7. The molecule has 46 heavy (non-hydrogen) atoms. The number of benzene rings is 4. The Kier molecular flexibility index (Phi) is 6.87. The predicted octanol–water partition coefficient (Wildman–Crippen LogP) is 6.49. The van der Waals surface area contributed by atoms with Crippen molar-refractivity contribution < 1.29 is 14.2 Å². The molecule has 0 amide bonds. The first-order valence-electron chi connectivity index (χ1n) is 15.2. The molecule has 1 N–H and O–H groups in total. The first-order chi connectivity index (χ1) is 22.6. The Morgan fingerprint density at radius 2 is 1.67 bits per heavy atom. The van der Waals surface area contributed by atoms with Crippen molar-refractivity contribution in [3.05, 3.63) is 139 Å². The molecule has 0 spiro atoms. The van der Waals surface area contributed by atoms with Gasteiger partial charge in [-0.1, -0.05) is 72.0 Å². The highest BCUT2D eigenvalue weighted by atomic mass is 32.1. The summed E-state index contributed by atoms with van der Waals surface area (Å²) in [7, 11) is 4.93. The van der Waals surface area contributed by atoms with Crippen molar-refractivity contribution in [3.63, 3.8) is 0 Å². The number of aryl methyl sites for hydroxylation is 1. The molecule has 7 nitrogen and oxygen atoms in total. The number of H-pyrrole nitrogens is 1. The third-order valence-electron chi connectivity index (χ3n) is 8.98. The lowest BCUT2D eigenvalue weighted by molar-refractivity contribution is 0.354. The second kappa shape index (κ2) is 11.2. The monoisotopic (exact) mass is 625 g/mol. The summed E-state index contributed by atoms with van der Waals surface area (Å²) < 4.78 is 19.3. The van der Waals surface area contributed by atoms with E-state index in [9.17, 15) is 4.79 Å². The van der Waals surface area contributed by atoms with Crippen molar-refractivity contribution >= 4 is 34.0 Å². The SMILES string of the molecule is COc1ccc2[nH]c(-c3ccccc3)c(/C=c3/sc4n(c3=O)[C@H](c3ccc(OC)c(OC)c3)C3=C(N=4)c4ccccc4CC3)c2c1. The van der Waals surface area contributed by atoms with Gasteiger partial charge in [0.15, 0.2) is 16.3 Å². The molecule has 0 saturated carbocycles. The number of aromatic nitrogens is 2. The quantitative estimate of drug-likeness (QED) is 0.230. The molecule has 3 heterocycles. The van der Waals surface area contributed by atoms with Crippen LogP contribution in [0.5, 0.6) is 17.2 Å². The van der Waals surface area contributed by atoms with E-state index < -0.39 is 0 Å². The zero-order chi connectivity index (χ0) is 31.4. The lowest BCUT2D eigenvalue weighted by Crippen LogP contribution is -2.38. The van der Waals surface area contributed by atoms with Gasteiger partial charge in [-0.05, 0) is 71.5 Å². The Hall–Kier alpha value is -5.34. The molecule has 0 bridgehead atoms. The minimum atomic E-state index is -0.335. The molecule has 8 rings (SSSR count). The summed E-state index contributed by atoms with van der Waals surface area (Å²) in [5, 5.41) is 0.980. The highest BCUT2D eigenvalue weighted by Crippen LogP contribution is 2.43. The summed E-state index contributed by atoms with van der Waals surface area (Å²) in [6.45, 7) is 0. The number of fused-ring (bicyclic) bond motifs is 4.